The smallest absolute Gasteiger partial charge is 0.337 e. The molecule has 3 aromatic rings. The van der Waals surface area contributed by atoms with Crippen molar-refractivity contribution in [2.24, 2.45) is 0 Å². The highest BCUT2D eigenvalue weighted by Gasteiger charge is 2.14. The van der Waals surface area contributed by atoms with E-state index in [4.69, 9.17) is 9.47 Å². The van der Waals surface area contributed by atoms with Gasteiger partial charge in [-0.2, -0.15) is 0 Å². The number of hydrogen-bond donors (Lipinski definition) is 0. The highest BCUT2D eigenvalue weighted by Crippen LogP contribution is 2.34. The van der Waals surface area contributed by atoms with Crippen molar-refractivity contribution in [2.45, 2.75) is 26.7 Å². The van der Waals surface area contributed by atoms with Crippen LogP contribution in [0.15, 0.2) is 42.6 Å². The lowest BCUT2D eigenvalue weighted by atomic mass is 9.93. The molecule has 1 heterocycles. The molecule has 0 aliphatic heterocycles. The predicted molar refractivity (Wildman–Crippen MR) is 104 cm³/mol. The quantitative estimate of drug-likeness (QED) is 0.613. The van der Waals surface area contributed by atoms with Gasteiger partial charge in [0, 0.05) is 17.1 Å². The van der Waals surface area contributed by atoms with E-state index in [1.165, 1.54) is 18.2 Å². The summed E-state index contributed by atoms with van der Waals surface area (Å²) in [6, 6.07) is 11.6. The minimum Gasteiger partial charge on any atom is -0.496 e. The zero-order valence-electron chi connectivity index (χ0n) is 15.8. The van der Waals surface area contributed by atoms with Gasteiger partial charge in [0.2, 0.25) is 0 Å². The number of fused-ring (bicyclic) bond motifs is 1. The third-order valence-corrected chi connectivity index (χ3v) is 4.58. The Morgan fingerprint density at radius 3 is 2.46 bits per heavy atom. The molecular formula is C22H23NO3. The summed E-state index contributed by atoms with van der Waals surface area (Å²) in [5.41, 5.74) is 4.76. The van der Waals surface area contributed by atoms with Crippen molar-refractivity contribution < 1.29 is 14.3 Å². The van der Waals surface area contributed by atoms with Crippen LogP contribution in [-0.2, 0) is 4.74 Å². The largest absolute Gasteiger partial charge is 0.496 e. The highest BCUT2D eigenvalue weighted by molar-refractivity contribution is 5.96. The van der Waals surface area contributed by atoms with Gasteiger partial charge in [-0.3, -0.25) is 4.98 Å². The molecule has 0 N–H and O–H groups in total. The van der Waals surface area contributed by atoms with Crippen LogP contribution in [0.25, 0.3) is 22.0 Å². The monoisotopic (exact) mass is 349 g/mol. The van der Waals surface area contributed by atoms with E-state index in [9.17, 15) is 4.79 Å². The summed E-state index contributed by atoms with van der Waals surface area (Å²) in [6.07, 6.45) is 1.82. The topological polar surface area (TPSA) is 48.4 Å². The fourth-order valence-electron chi connectivity index (χ4n) is 3.37. The van der Waals surface area contributed by atoms with Crippen molar-refractivity contribution in [3.63, 3.8) is 0 Å². The summed E-state index contributed by atoms with van der Waals surface area (Å²) in [6.45, 7) is 6.41. The average Bonchev–Trinajstić information content (AvgIpc) is 2.65. The molecule has 1 aromatic heterocycles. The van der Waals surface area contributed by atoms with E-state index in [0.717, 1.165) is 27.8 Å². The number of nitrogens with zero attached hydrogens (tertiary/aromatic N) is 1. The first kappa shape index (κ1) is 17.9. The van der Waals surface area contributed by atoms with Crippen LogP contribution >= 0.6 is 0 Å². The maximum Gasteiger partial charge on any atom is 0.337 e. The predicted octanol–water partition coefficient (Wildman–Crippen LogP) is 5.13. The molecule has 4 heteroatoms. The summed E-state index contributed by atoms with van der Waals surface area (Å²) >= 11 is 0. The van der Waals surface area contributed by atoms with E-state index in [1.807, 2.05) is 30.5 Å². The Hall–Kier alpha value is -2.88. The van der Waals surface area contributed by atoms with Gasteiger partial charge in [0.15, 0.2) is 0 Å². The van der Waals surface area contributed by atoms with Crippen LogP contribution < -0.4 is 4.74 Å². The third-order valence-electron chi connectivity index (χ3n) is 4.58. The SMILES string of the molecule is COC(=O)c1ccc2cnc(-c3cc(C)c(C(C)C)c(OC)c3)cc2c1. The molecule has 0 atom stereocenters. The Kier molecular flexibility index (Phi) is 4.94. The van der Waals surface area contributed by atoms with Gasteiger partial charge in [0.25, 0.3) is 0 Å². The molecule has 0 saturated carbocycles. The average molecular weight is 349 g/mol. The van der Waals surface area contributed by atoms with Crippen LogP contribution in [-0.4, -0.2) is 25.2 Å². The number of methoxy groups -OCH3 is 2. The van der Waals surface area contributed by atoms with Crippen LogP contribution in [0.4, 0.5) is 0 Å². The van der Waals surface area contributed by atoms with E-state index >= 15 is 0 Å². The molecular weight excluding hydrogens is 326 g/mol. The molecule has 2 aromatic carbocycles. The van der Waals surface area contributed by atoms with Crippen LogP contribution in [0, 0.1) is 6.92 Å². The molecule has 4 nitrogen and oxygen atoms in total. The molecule has 26 heavy (non-hydrogen) atoms. The minimum absolute atomic E-state index is 0.343. The summed E-state index contributed by atoms with van der Waals surface area (Å²) < 4.78 is 10.4. The minimum atomic E-state index is -0.343. The summed E-state index contributed by atoms with van der Waals surface area (Å²) in [5, 5.41) is 1.92. The van der Waals surface area contributed by atoms with Gasteiger partial charge in [-0.05, 0) is 59.7 Å². The molecule has 3 rings (SSSR count). The number of esters is 1. The van der Waals surface area contributed by atoms with E-state index in [0.29, 0.717) is 11.5 Å². The van der Waals surface area contributed by atoms with Crippen molar-refractivity contribution in [3.8, 4) is 17.0 Å². The van der Waals surface area contributed by atoms with Crippen molar-refractivity contribution >= 4 is 16.7 Å². The van der Waals surface area contributed by atoms with E-state index in [1.54, 1.807) is 13.2 Å². The molecule has 0 amide bonds. The first-order chi connectivity index (χ1) is 12.4. The summed E-state index contributed by atoms with van der Waals surface area (Å²) in [5.74, 6) is 0.912. The molecule has 0 aliphatic carbocycles. The highest BCUT2D eigenvalue weighted by atomic mass is 16.5. The van der Waals surface area contributed by atoms with Crippen molar-refractivity contribution in [1.82, 2.24) is 4.98 Å². The first-order valence-corrected chi connectivity index (χ1v) is 8.61. The van der Waals surface area contributed by atoms with Crippen molar-refractivity contribution in [3.05, 3.63) is 59.3 Å². The lowest BCUT2D eigenvalue weighted by Gasteiger charge is -2.17. The summed E-state index contributed by atoms with van der Waals surface area (Å²) in [4.78, 5) is 16.4. The van der Waals surface area contributed by atoms with E-state index < -0.39 is 0 Å². The van der Waals surface area contributed by atoms with Gasteiger partial charge < -0.3 is 9.47 Å². The second kappa shape index (κ2) is 7.16. The Morgan fingerprint density at radius 1 is 1.04 bits per heavy atom. The number of carbonyl (C=O) groups is 1. The Labute approximate surface area is 153 Å². The molecule has 0 fully saturated rings. The molecule has 0 radical (unpaired) electrons. The Bertz CT molecular complexity index is 977. The lowest BCUT2D eigenvalue weighted by Crippen LogP contribution is -2.01. The van der Waals surface area contributed by atoms with Crippen molar-refractivity contribution in [2.75, 3.05) is 14.2 Å². The second-order valence-corrected chi connectivity index (χ2v) is 6.69. The van der Waals surface area contributed by atoms with Gasteiger partial charge in [0.1, 0.15) is 5.75 Å². The molecule has 0 unspecified atom stereocenters. The van der Waals surface area contributed by atoms with Crippen LogP contribution in [0.2, 0.25) is 0 Å². The molecule has 0 bridgehead atoms. The normalized spacial score (nSPS) is 11.0. The number of aryl methyl sites for hydroxylation is 1. The van der Waals surface area contributed by atoms with Gasteiger partial charge >= 0.3 is 5.97 Å². The molecule has 0 spiro atoms. The maximum atomic E-state index is 11.8. The third kappa shape index (κ3) is 3.27. The van der Waals surface area contributed by atoms with Gasteiger partial charge in [-0.15, -0.1) is 0 Å². The van der Waals surface area contributed by atoms with E-state index in [-0.39, 0.29) is 5.97 Å². The number of carbonyl (C=O) groups excluding carboxylic acids is 1. The molecule has 0 aliphatic rings. The second-order valence-electron chi connectivity index (χ2n) is 6.69. The van der Waals surface area contributed by atoms with Gasteiger partial charge in [-0.25, -0.2) is 4.79 Å². The Morgan fingerprint density at radius 2 is 1.81 bits per heavy atom. The zero-order chi connectivity index (χ0) is 18.8. The zero-order valence-corrected chi connectivity index (χ0v) is 15.8. The lowest BCUT2D eigenvalue weighted by molar-refractivity contribution is 0.0601. The van der Waals surface area contributed by atoms with Gasteiger partial charge in [-0.1, -0.05) is 19.9 Å². The van der Waals surface area contributed by atoms with Crippen LogP contribution in [0.3, 0.4) is 0 Å². The fraction of sp³-hybridized carbons (Fsp3) is 0.273. The summed E-state index contributed by atoms with van der Waals surface area (Å²) in [7, 11) is 3.08. The molecule has 0 saturated heterocycles. The van der Waals surface area contributed by atoms with Crippen LogP contribution in [0.5, 0.6) is 5.75 Å². The number of pyridine rings is 1. The van der Waals surface area contributed by atoms with Crippen LogP contribution in [0.1, 0.15) is 41.3 Å². The van der Waals surface area contributed by atoms with E-state index in [2.05, 4.69) is 31.8 Å². The fourth-order valence-corrected chi connectivity index (χ4v) is 3.37. The van der Waals surface area contributed by atoms with Gasteiger partial charge in [0.05, 0.1) is 25.5 Å². The number of ether oxygens (including phenoxy) is 2. The molecule has 134 valence electrons. The number of hydrogen-bond acceptors (Lipinski definition) is 4. The number of aromatic nitrogens is 1. The van der Waals surface area contributed by atoms with Crippen molar-refractivity contribution in [1.29, 1.82) is 0 Å². The Balaban J connectivity index is 2.13. The number of benzene rings is 2. The standard InChI is InChI=1S/C22H23NO3/c1-13(2)21-14(3)8-18(11-20(21)25-4)19-10-17-9-15(22(24)26-5)6-7-16(17)12-23-19/h6-13H,1-5H3. The first-order valence-electron chi connectivity index (χ1n) is 8.61. The number of rotatable bonds is 4. The maximum absolute atomic E-state index is 11.8.